The van der Waals surface area contributed by atoms with Gasteiger partial charge >= 0.3 is 0 Å². The average molecular weight is 462 g/mol. The molecule has 1 aromatic rings. The Morgan fingerprint density at radius 3 is 2.48 bits per heavy atom. The van der Waals surface area contributed by atoms with Crippen molar-refractivity contribution in [3.8, 4) is 5.75 Å². The molecule has 0 aliphatic carbocycles. The van der Waals surface area contributed by atoms with Crippen LogP contribution in [0.25, 0.3) is 0 Å². The molecule has 6 nitrogen and oxygen atoms in total. The first-order chi connectivity index (χ1) is 11.2. The van der Waals surface area contributed by atoms with Crippen LogP contribution in [0.5, 0.6) is 5.75 Å². The molecule has 7 heteroatoms. The maximum Gasteiger partial charge on any atom is 0.239 e. The number of hydrogen-bond acceptors (Lipinski definition) is 3. The molecule has 0 atom stereocenters. The number of nitrogens with zero attached hydrogens (tertiary/aromatic N) is 1. The maximum absolute atomic E-state index is 11.8. The minimum absolute atomic E-state index is 0. The van der Waals surface area contributed by atoms with Gasteiger partial charge in [-0.25, -0.2) is 0 Å². The number of nitrogens with one attached hydrogen (secondary N) is 3. The molecule has 0 bridgehead atoms. The van der Waals surface area contributed by atoms with Crippen LogP contribution in [-0.4, -0.2) is 44.7 Å². The van der Waals surface area contributed by atoms with Crippen molar-refractivity contribution in [2.24, 2.45) is 4.99 Å². The molecule has 142 valence electrons. The number of rotatable bonds is 6. The van der Waals surface area contributed by atoms with Crippen LogP contribution in [0.1, 0.15) is 31.9 Å². The van der Waals surface area contributed by atoms with E-state index in [9.17, 15) is 4.79 Å². The summed E-state index contributed by atoms with van der Waals surface area (Å²) in [6.45, 7) is 8.78. The first-order valence-corrected chi connectivity index (χ1v) is 8.14. The third-order valence-corrected chi connectivity index (χ3v) is 3.33. The number of methoxy groups -OCH3 is 1. The van der Waals surface area contributed by atoms with Crippen LogP contribution in [0.4, 0.5) is 0 Å². The molecule has 0 saturated heterocycles. The van der Waals surface area contributed by atoms with E-state index in [4.69, 9.17) is 4.74 Å². The molecule has 0 spiro atoms. The Kier molecular flexibility index (Phi) is 10.5. The van der Waals surface area contributed by atoms with Gasteiger partial charge in [-0.2, -0.15) is 0 Å². The van der Waals surface area contributed by atoms with Gasteiger partial charge in [-0.1, -0.05) is 12.1 Å². The number of hydrogen-bond donors (Lipinski definition) is 3. The molecule has 0 radical (unpaired) electrons. The van der Waals surface area contributed by atoms with E-state index in [1.807, 2.05) is 33.8 Å². The molecule has 0 unspecified atom stereocenters. The van der Waals surface area contributed by atoms with Gasteiger partial charge < -0.3 is 20.7 Å². The smallest absolute Gasteiger partial charge is 0.239 e. The van der Waals surface area contributed by atoms with Gasteiger partial charge in [0, 0.05) is 19.1 Å². The fourth-order valence-electron chi connectivity index (χ4n) is 2.19. The number of amides is 1. The fraction of sp³-hybridized carbons (Fsp3) is 0.556. The van der Waals surface area contributed by atoms with Crippen LogP contribution < -0.4 is 20.7 Å². The minimum Gasteiger partial charge on any atom is -0.496 e. The number of aryl methyl sites for hydroxylation is 1. The van der Waals surface area contributed by atoms with Crippen molar-refractivity contribution >= 4 is 35.8 Å². The monoisotopic (exact) mass is 462 g/mol. The van der Waals surface area contributed by atoms with Gasteiger partial charge in [-0.15, -0.1) is 24.0 Å². The van der Waals surface area contributed by atoms with E-state index in [1.54, 1.807) is 14.2 Å². The van der Waals surface area contributed by atoms with Gasteiger partial charge in [0.2, 0.25) is 5.91 Å². The zero-order valence-electron chi connectivity index (χ0n) is 16.0. The highest BCUT2D eigenvalue weighted by Crippen LogP contribution is 2.18. The standard InChI is InChI=1S/C18H30N4O2.HI/c1-13-7-8-14(11-15(13)24-6)9-10-20-17(19-5)21-12-16(23)22-18(2,3)4;/h7-8,11H,9-10,12H2,1-6H3,(H,22,23)(H2,19,20,21);1H. The first kappa shape index (κ1) is 23.5. The van der Waals surface area contributed by atoms with Crippen LogP contribution in [0.3, 0.4) is 0 Å². The average Bonchev–Trinajstić information content (AvgIpc) is 2.50. The molecule has 1 amide bonds. The second-order valence-corrected chi connectivity index (χ2v) is 6.70. The third kappa shape index (κ3) is 9.52. The molecule has 0 heterocycles. The van der Waals surface area contributed by atoms with E-state index in [0.29, 0.717) is 12.5 Å². The Morgan fingerprint density at radius 2 is 1.92 bits per heavy atom. The summed E-state index contributed by atoms with van der Waals surface area (Å²) >= 11 is 0. The normalized spacial score (nSPS) is 11.4. The van der Waals surface area contributed by atoms with Crippen molar-refractivity contribution in [1.29, 1.82) is 0 Å². The summed E-state index contributed by atoms with van der Waals surface area (Å²) in [4.78, 5) is 15.9. The maximum atomic E-state index is 11.8. The molecule has 0 aromatic heterocycles. The summed E-state index contributed by atoms with van der Waals surface area (Å²) in [5, 5.41) is 9.12. The molecule has 0 saturated carbocycles. The lowest BCUT2D eigenvalue weighted by Gasteiger charge is -2.21. The summed E-state index contributed by atoms with van der Waals surface area (Å²) < 4.78 is 5.34. The van der Waals surface area contributed by atoms with Crippen LogP contribution >= 0.6 is 24.0 Å². The second-order valence-electron chi connectivity index (χ2n) is 6.70. The van der Waals surface area contributed by atoms with Gasteiger partial charge in [0.1, 0.15) is 5.75 Å². The molecule has 1 aromatic carbocycles. The van der Waals surface area contributed by atoms with Crippen LogP contribution in [0.2, 0.25) is 0 Å². The summed E-state index contributed by atoms with van der Waals surface area (Å²) in [7, 11) is 3.37. The number of guanidine groups is 1. The topological polar surface area (TPSA) is 74.8 Å². The van der Waals surface area contributed by atoms with Crippen LogP contribution in [0, 0.1) is 6.92 Å². The predicted molar refractivity (Wildman–Crippen MR) is 114 cm³/mol. The molecule has 25 heavy (non-hydrogen) atoms. The van der Waals surface area contributed by atoms with E-state index < -0.39 is 0 Å². The summed E-state index contributed by atoms with van der Waals surface area (Å²) in [5.74, 6) is 1.45. The summed E-state index contributed by atoms with van der Waals surface area (Å²) in [6, 6.07) is 6.19. The van der Waals surface area contributed by atoms with Crippen LogP contribution in [0.15, 0.2) is 23.2 Å². The van der Waals surface area contributed by atoms with Gasteiger partial charge in [0.25, 0.3) is 0 Å². The lowest BCUT2D eigenvalue weighted by Crippen LogP contribution is -2.48. The minimum atomic E-state index is -0.236. The lowest BCUT2D eigenvalue weighted by molar-refractivity contribution is -0.121. The quantitative estimate of drug-likeness (QED) is 0.345. The van der Waals surface area contributed by atoms with Crippen molar-refractivity contribution in [3.05, 3.63) is 29.3 Å². The molecule has 0 fully saturated rings. The number of carbonyl (C=O) groups excluding carboxylic acids is 1. The van der Waals surface area contributed by atoms with Crippen molar-refractivity contribution in [2.75, 3.05) is 27.2 Å². The zero-order chi connectivity index (χ0) is 18.2. The molecular formula is C18H31IN4O2. The number of benzene rings is 1. The first-order valence-electron chi connectivity index (χ1n) is 8.14. The number of aliphatic imine (C=N–C) groups is 1. The fourth-order valence-corrected chi connectivity index (χ4v) is 2.19. The lowest BCUT2D eigenvalue weighted by atomic mass is 10.1. The van der Waals surface area contributed by atoms with E-state index in [1.165, 1.54) is 5.56 Å². The summed E-state index contributed by atoms with van der Waals surface area (Å²) in [5.41, 5.74) is 2.07. The van der Waals surface area contributed by atoms with E-state index in [2.05, 4.69) is 33.1 Å². The third-order valence-electron chi connectivity index (χ3n) is 3.33. The highest BCUT2D eigenvalue weighted by Gasteiger charge is 2.13. The molecule has 1 rings (SSSR count). The number of carbonyl (C=O) groups is 1. The number of halogens is 1. The van der Waals surface area contributed by atoms with E-state index in [0.717, 1.165) is 17.7 Å². The molecule has 0 aliphatic heterocycles. The second kappa shape index (κ2) is 11.2. The predicted octanol–water partition coefficient (Wildman–Crippen LogP) is 2.24. The molecular weight excluding hydrogens is 431 g/mol. The Balaban J connectivity index is 0.00000576. The Labute approximate surface area is 168 Å². The van der Waals surface area contributed by atoms with Gasteiger partial charge in [0.05, 0.1) is 13.7 Å². The highest BCUT2D eigenvalue weighted by molar-refractivity contribution is 14.0. The summed E-state index contributed by atoms with van der Waals surface area (Å²) in [6.07, 6.45) is 0.839. The van der Waals surface area contributed by atoms with Gasteiger partial charge in [-0.3, -0.25) is 9.79 Å². The van der Waals surface area contributed by atoms with Gasteiger partial charge in [0.15, 0.2) is 5.96 Å². The van der Waals surface area contributed by atoms with Crippen LogP contribution in [-0.2, 0) is 11.2 Å². The SMILES string of the molecule is CN=C(NCCc1ccc(C)c(OC)c1)NCC(=O)NC(C)(C)C.I. The highest BCUT2D eigenvalue weighted by atomic mass is 127. The van der Waals surface area contributed by atoms with E-state index >= 15 is 0 Å². The molecule has 3 N–H and O–H groups in total. The van der Waals surface area contributed by atoms with Crippen molar-refractivity contribution in [2.45, 2.75) is 39.7 Å². The van der Waals surface area contributed by atoms with Gasteiger partial charge in [-0.05, 0) is 51.3 Å². The Morgan fingerprint density at radius 1 is 1.24 bits per heavy atom. The van der Waals surface area contributed by atoms with Crippen molar-refractivity contribution < 1.29 is 9.53 Å². The Hall–Kier alpha value is -1.51. The Bertz CT molecular complexity index is 583. The van der Waals surface area contributed by atoms with E-state index in [-0.39, 0.29) is 42.0 Å². The largest absolute Gasteiger partial charge is 0.496 e. The molecule has 0 aliphatic rings. The van der Waals surface area contributed by atoms with Crippen molar-refractivity contribution in [1.82, 2.24) is 16.0 Å². The van der Waals surface area contributed by atoms with Crippen molar-refractivity contribution in [3.63, 3.8) is 0 Å². The zero-order valence-corrected chi connectivity index (χ0v) is 18.4. The number of ether oxygens (including phenoxy) is 1.